The second-order valence-corrected chi connectivity index (χ2v) is 6.42. The summed E-state index contributed by atoms with van der Waals surface area (Å²) in [6.45, 7) is 0.966. The molecule has 30 heavy (non-hydrogen) atoms. The summed E-state index contributed by atoms with van der Waals surface area (Å²) >= 11 is 0. The first-order valence-electron chi connectivity index (χ1n) is 8.86. The lowest BCUT2D eigenvalue weighted by atomic mass is 9.92. The molecule has 1 aliphatic heterocycles. The highest BCUT2D eigenvalue weighted by Gasteiger charge is 2.68. The van der Waals surface area contributed by atoms with E-state index >= 15 is 0 Å². The number of carbonyl (C=O) groups excluding carboxylic acids is 2. The van der Waals surface area contributed by atoms with Crippen molar-refractivity contribution in [3.8, 4) is 0 Å². The zero-order valence-electron chi connectivity index (χ0n) is 15.6. The van der Waals surface area contributed by atoms with E-state index in [1.54, 1.807) is 35.3 Å². The Balaban J connectivity index is 2.14. The maximum atomic E-state index is 14.0. The van der Waals surface area contributed by atoms with Gasteiger partial charge >= 0.3 is 18.0 Å². The number of aromatic nitrogens is 2. The first-order chi connectivity index (χ1) is 14.1. The second-order valence-electron chi connectivity index (χ2n) is 6.42. The molecule has 9 nitrogen and oxygen atoms in total. The number of carbonyl (C=O) groups is 2. The van der Waals surface area contributed by atoms with Crippen LogP contribution < -0.4 is 21.9 Å². The minimum absolute atomic E-state index is 0.129. The molecule has 0 bridgehead atoms. The molecule has 2 aromatic rings. The van der Waals surface area contributed by atoms with Crippen molar-refractivity contribution in [1.29, 1.82) is 0 Å². The van der Waals surface area contributed by atoms with Gasteiger partial charge in [-0.15, -0.1) is 0 Å². The van der Waals surface area contributed by atoms with Gasteiger partial charge in [0.15, 0.2) is 0 Å². The highest BCUT2D eigenvalue weighted by molar-refractivity contribution is 6.07. The van der Waals surface area contributed by atoms with E-state index in [0.29, 0.717) is 0 Å². The van der Waals surface area contributed by atoms with Crippen LogP contribution in [0, 0.1) is 0 Å². The molecule has 0 aliphatic carbocycles. The van der Waals surface area contributed by atoms with Gasteiger partial charge in [0.2, 0.25) is 0 Å². The Morgan fingerprint density at radius 2 is 1.87 bits per heavy atom. The van der Waals surface area contributed by atoms with E-state index in [0.717, 1.165) is 10.1 Å². The van der Waals surface area contributed by atoms with Crippen LogP contribution in [-0.4, -0.2) is 34.3 Å². The lowest BCUT2D eigenvalue weighted by Gasteiger charge is -2.29. The van der Waals surface area contributed by atoms with Crippen LogP contribution in [0.2, 0.25) is 0 Å². The van der Waals surface area contributed by atoms with Crippen molar-refractivity contribution in [2.45, 2.75) is 31.6 Å². The van der Waals surface area contributed by atoms with Gasteiger partial charge in [-0.2, -0.15) is 13.2 Å². The van der Waals surface area contributed by atoms with Gasteiger partial charge in [-0.25, -0.2) is 9.59 Å². The molecule has 0 radical (unpaired) electrons. The van der Waals surface area contributed by atoms with Gasteiger partial charge in [0.05, 0.1) is 6.61 Å². The van der Waals surface area contributed by atoms with E-state index in [1.165, 1.54) is 12.2 Å². The molecule has 3 rings (SSSR count). The number of benzene rings is 1. The van der Waals surface area contributed by atoms with Gasteiger partial charge in [0.25, 0.3) is 17.0 Å². The quantitative estimate of drug-likeness (QED) is 0.664. The Kier molecular flexibility index (Phi) is 5.42. The largest absolute Gasteiger partial charge is 0.450 e. The molecular formula is C18H17F3N4O5. The maximum absolute atomic E-state index is 14.0. The molecule has 0 fully saturated rings. The Labute approximate surface area is 166 Å². The number of fused-ring (bicyclic) bond motifs is 1. The number of anilines is 1. The second kappa shape index (κ2) is 7.69. The van der Waals surface area contributed by atoms with Crippen molar-refractivity contribution < 1.29 is 27.5 Å². The fraction of sp³-hybridized carbons (Fsp3) is 0.333. The normalized spacial score (nSPS) is 17.9. The van der Waals surface area contributed by atoms with Crippen LogP contribution in [-0.2, 0) is 28.0 Å². The Morgan fingerprint density at radius 3 is 2.47 bits per heavy atom. The third-order valence-corrected chi connectivity index (χ3v) is 4.60. The van der Waals surface area contributed by atoms with Gasteiger partial charge in [0.1, 0.15) is 11.4 Å². The molecule has 12 heteroatoms. The van der Waals surface area contributed by atoms with Crippen LogP contribution >= 0.6 is 0 Å². The van der Waals surface area contributed by atoms with E-state index in [-0.39, 0.29) is 19.6 Å². The number of nitrogens with zero attached hydrogens (tertiary/aromatic N) is 1. The summed E-state index contributed by atoms with van der Waals surface area (Å²) in [5.41, 5.74) is -6.49. The number of aromatic amines is 1. The molecule has 1 aromatic carbocycles. The standard InChI is InChI=1S/C18H17F3N4O5/c1-2-30-16(29)24-17(18(19,20)21)11-12(22-14(17)27)25(15(28)23-13(11)26)9-8-10-6-4-3-5-7-10/h3-7H,2,8-9H2,1H3,(H,22,27)(H,24,29)(H,23,26,28). The van der Waals surface area contributed by atoms with Crippen LogP contribution in [0.4, 0.5) is 23.8 Å². The van der Waals surface area contributed by atoms with Gasteiger partial charge < -0.3 is 10.1 Å². The first-order valence-corrected chi connectivity index (χ1v) is 8.86. The van der Waals surface area contributed by atoms with Crippen LogP contribution in [0.15, 0.2) is 39.9 Å². The maximum Gasteiger partial charge on any atom is 0.425 e. The number of ether oxygens (including phenoxy) is 1. The summed E-state index contributed by atoms with van der Waals surface area (Å²) in [5.74, 6) is -2.35. The van der Waals surface area contributed by atoms with E-state index in [9.17, 15) is 32.3 Å². The summed E-state index contributed by atoms with van der Waals surface area (Å²) in [7, 11) is 0. The average Bonchev–Trinajstić information content (AvgIpc) is 2.96. The molecule has 2 heterocycles. The average molecular weight is 426 g/mol. The molecule has 1 aliphatic rings. The topological polar surface area (TPSA) is 122 Å². The lowest BCUT2D eigenvalue weighted by Crippen LogP contribution is -2.62. The molecular weight excluding hydrogens is 409 g/mol. The number of alkyl carbamates (subject to hydrolysis) is 1. The van der Waals surface area contributed by atoms with Crippen molar-refractivity contribution >= 4 is 17.8 Å². The predicted molar refractivity (Wildman–Crippen MR) is 98.0 cm³/mol. The van der Waals surface area contributed by atoms with Gasteiger partial charge in [0, 0.05) is 6.54 Å². The number of nitrogens with one attached hydrogen (secondary N) is 3. The highest BCUT2D eigenvalue weighted by atomic mass is 19.4. The Morgan fingerprint density at radius 1 is 1.20 bits per heavy atom. The van der Waals surface area contributed by atoms with E-state index in [2.05, 4.69) is 4.74 Å². The van der Waals surface area contributed by atoms with Crippen molar-refractivity contribution in [3.63, 3.8) is 0 Å². The molecule has 0 spiro atoms. The van der Waals surface area contributed by atoms with Gasteiger partial charge in [-0.05, 0) is 18.9 Å². The van der Waals surface area contributed by atoms with Crippen LogP contribution in [0.1, 0.15) is 18.1 Å². The molecule has 1 unspecified atom stereocenters. The fourth-order valence-electron chi connectivity index (χ4n) is 3.24. The van der Waals surface area contributed by atoms with E-state index in [1.807, 2.05) is 5.32 Å². The number of halogens is 3. The molecule has 3 N–H and O–H groups in total. The minimum atomic E-state index is -5.40. The number of alkyl halides is 3. The number of rotatable bonds is 5. The van der Waals surface area contributed by atoms with Crippen molar-refractivity contribution in [1.82, 2.24) is 14.9 Å². The smallest absolute Gasteiger partial charge is 0.425 e. The van der Waals surface area contributed by atoms with Crippen LogP contribution in [0.3, 0.4) is 0 Å². The fourth-order valence-corrected chi connectivity index (χ4v) is 3.24. The summed E-state index contributed by atoms with van der Waals surface area (Å²) < 4.78 is 47.4. The van der Waals surface area contributed by atoms with Crippen LogP contribution in [0.5, 0.6) is 0 Å². The summed E-state index contributed by atoms with van der Waals surface area (Å²) in [6, 6.07) is 8.76. The van der Waals surface area contributed by atoms with Gasteiger partial charge in [-0.3, -0.25) is 24.5 Å². The molecule has 1 atom stereocenters. The number of aryl methyl sites for hydroxylation is 1. The zero-order valence-corrected chi connectivity index (χ0v) is 15.6. The number of hydrogen-bond acceptors (Lipinski definition) is 5. The van der Waals surface area contributed by atoms with E-state index in [4.69, 9.17) is 0 Å². The molecule has 2 amide bonds. The van der Waals surface area contributed by atoms with Crippen molar-refractivity contribution in [3.05, 3.63) is 62.3 Å². The minimum Gasteiger partial charge on any atom is -0.450 e. The summed E-state index contributed by atoms with van der Waals surface area (Å²) in [6.07, 6.45) is -6.71. The number of H-pyrrole nitrogens is 1. The summed E-state index contributed by atoms with van der Waals surface area (Å²) in [5, 5.41) is 3.41. The SMILES string of the molecule is CCOC(=O)NC1(C(F)(F)F)C(=O)Nc2c1c(=O)[nH]c(=O)n2CCc1ccccc1. The summed E-state index contributed by atoms with van der Waals surface area (Å²) in [4.78, 5) is 50.7. The number of hydrogen-bond donors (Lipinski definition) is 3. The molecule has 0 saturated heterocycles. The predicted octanol–water partition coefficient (Wildman–Crippen LogP) is 1.24. The first kappa shape index (κ1) is 21.1. The zero-order chi connectivity index (χ0) is 22.1. The lowest BCUT2D eigenvalue weighted by molar-refractivity contribution is -0.197. The molecule has 1 aromatic heterocycles. The third kappa shape index (κ3) is 3.44. The number of amides is 2. The molecule has 160 valence electrons. The van der Waals surface area contributed by atoms with Crippen LogP contribution in [0.25, 0.3) is 0 Å². The Hall–Kier alpha value is -3.57. The van der Waals surface area contributed by atoms with E-state index < -0.39 is 46.3 Å². The highest BCUT2D eigenvalue weighted by Crippen LogP contribution is 2.44. The Bertz CT molecular complexity index is 1090. The monoisotopic (exact) mass is 426 g/mol. The third-order valence-electron chi connectivity index (χ3n) is 4.60. The molecule has 0 saturated carbocycles. The van der Waals surface area contributed by atoms with Crippen molar-refractivity contribution in [2.24, 2.45) is 0 Å². The van der Waals surface area contributed by atoms with Gasteiger partial charge in [-0.1, -0.05) is 30.3 Å². The van der Waals surface area contributed by atoms with Crippen molar-refractivity contribution in [2.75, 3.05) is 11.9 Å².